The van der Waals surface area contributed by atoms with Gasteiger partial charge in [0.1, 0.15) is 0 Å². The first kappa shape index (κ1) is 7.86. The van der Waals surface area contributed by atoms with Gasteiger partial charge in [0.15, 0.2) is 0 Å². The summed E-state index contributed by atoms with van der Waals surface area (Å²) in [5, 5.41) is 0. The molecule has 0 radical (unpaired) electrons. The van der Waals surface area contributed by atoms with Gasteiger partial charge in [0.2, 0.25) is 0 Å². The second kappa shape index (κ2) is 2.62. The van der Waals surface area contributed by atoms with Crippen molar-refractivity contribution in [1.82, 2.24) is 4.40 Å². The summed E-state index contributed by atoms with van der Waals surface area (Å²) in [6.07, 6.45) is 1.72. The van der Waals surface area contributed by atoms with Crippen LogP contribution in [0.4, 0.5) is 5.69 Å². The van der Waals surface area contributed by atoms with Crippen LogP contribution >= 0.6 is 0 Å². The van der Waals surface area contributed by atoms with Crippen molar-refractivity contribution in [2.75, 3.05) is 5.73 Å². The van der Waals surface area contributed by atoms with E-state index in [1.165, 1.54) is 0 Å². The van der Waals surface area contributed by atoms with Gasteiger partial charge in [-0.25, -0.2) is 0 Å². The van der Waals surface area contributed by atoms with Gasteiger partial charge < -0.3 is 5.73 Å². The lowest BCUT2D eigenvalue weighted by Gasteiger charge is -2.03. The SMILES string of the molecule is Cc1cccn2c(=O)c(N)ccc12. The molecular formula is C10H10N2O. The van der Waals surface area contributed by atoms with Crippen molar-refractivity contribution in [3.8, 4) is 0 Å². The molecule has 2 N–H and O–H groups in total. The molecule has 0 spiro atoms. The number of nitrogens with zero attached hydrogens (tertiary/aromatic N) is 1. The fourth-order valence-electron chi connectivity index (χ4n) is 1.40. The highest BCUT2D eigenvalue weighted by Crippen LogP contribution is 2.08. The number of anilines is 1. The number of aryl methyl sites for hydroxylation is 1. The lowest BCUT2D eigenvalue weighted by molar-refractivity contribution is 1.09. The highest BCUT2D eigenvalue weighted by atomic mass is 16.1. The van der Waals surface area contributed by atoms with E-state index in [-0.39, 0.29) is 11.2 Å². The molecule has 0 unspecified atom stereocenters. The molecule has 0 aromatic carbocycles. The average Bonchev–Trinajstić information content (AvgIpc) is 2.12. The highest BCUT2D eigenvalue weighted by Gasteiger charge is 2.00. The fraction of sp³-hybridized carbons (Fsp3) is 0.100. The van der Waals surface area contributed by atoms with Crippen molar-refractivity contribution in [2.45, 2.75) is 6.92 Å². The molecule has 66 valence electrons. The molecule has 0 aliphatic rings. The predicted molar refractivity (Wildman–Crippen MR) is 52.8 cm³/mol. The van der Waals surface area contributed by atoms with Crippen molar-refractivity contribution in [1.29, 1.82) is 0 Å². The summed E-state index contributed by atoms with van der Waals surface area (Å²) in [5.74, 6) is 0. The molecule has 0 aliphatic heterocycles. The van der Waals surface area contributed by atoms with E-state index >= 15 is 0 Å². The molecule has 0 saturated carbocycles. The first-order chi connectivity index (χ1) is 6.20. The summed E-state index contributed by atoms with van der Waals surface area (Å²) in [6, 6.07) is 7.30. The highest BCUT2D eigenvalue weighted by molar-refractivity contribution is 5.57. The lowest BCUT2D eigenvalue weighted by atomic mass is 10.2. The van der Waals surface area contributed by atoms with Gasteiger partial charge in [-0.05, 0) is 30.7 Å². The second-order valence-corrected chi connectivity index (χ2v) is 3.04. The normalized spacial score (nSPS) is 10.5. The Balaban J connectivity index is 3.03. The first-order valence-electron chi connectivity index (χ1n) is 4.06. The number of rotatable bonds is 0. The van der Waals surface area contributed by atoms with Crippen LogP contribution in [0.2, 0.25) is 0 Å². The number of nitrogens with two attached hydrogens (primary N) is 1. The van der Waals surface area contributed by atoms with Crippen molar-refractivity contribution in [3.05, 3.63) is 46.4 Å². The molecule has 3 heteroatoms. The quantitative estimate of drug-likeness (QED) is 0.652. The van der Waals surface area contributed by atoms with Crippen molar-refractivity contribution in [3.63, 3.8) is 0 Å². The van der Waals surface area contributed by atoms with Gasteiger partial charge in [-0.1, -0.05) is 6.07 Å². The van der Waals surface area contributed by atoms with Crippen LogP contribution in [-0.2, 0) is 0 Å². The Morgan fingerprint density at radius 2 is 2.08 bits per heavy atom. The van der Waals surface area contributed by atoms with Crippen LogP contribution < -0.4 is 11.3 Å². The number of hydrogen-bond donors (Lipinski definition) is 1. The average molecular weight is 174 g/mol. The Bertz CT molecular complexity index is 514. The number of pyridine rings is 2. The molecule has 0 atom stereocenters. The molecule has 0 amide bonds. The van der Waals surface area contributed by atoms with Crippen molar-refractivity contribution >= 4 is 11.2 Å². The molecule has 2 aromatic heterocycles. The van der Waals surface area contributed by atoms with Crippen molar-refractivity contribution < 1.29 is 0 Å². The van der Waals surface area contributed by atoms with E-state index < -0.39 is 0 Å². The van der Waals surface area contributed by atoms with Crippen LogP contribution in [0.25, 0.3) is 5.52 Å². The minimum Gasteiger partial charge on any atom is -0.394 e. The molecule has 2 rings (SSSR count). The van der Waals surface area contributed by atoms with Gasteiger partial charge in [-0.15, -0.1) is 0 Å². The van der Waals surface area contributed by atoms with E-state index in [4.69, 9.17) is 5.73 Å². The zero-order chi connectivity index (χ0) is 9.42. The van der Waals surface area contributed by atoms with E-state index in [1.54, 1.807) is 16.7 Å². The number of nitrogen functional groups attached to an aromatic ring is 1. The second-order valence-electron chi connectivity index (χ2n) is 3.04. The third-order valence-electron chi connectivity index (χ3n) is 2.13. The minimum absolute atomic E-state index is 0.152. The molecule has 0 saturated heterocycles. The third-order valence-corrected chi connectivity index (χ3v) is 2.13. The van der Waals surface area contributed by atoms with Crippen LogP contribution in [0.15, 0.2) is 35.3 Å². The van der Waals surface area contributed by atoms with E-state index in [0.717, 1.165) is 11.1 Å². The van der Waals surface area contributed by atoms with Crippen LogP contribution in [0.3, 0.4) is 0 Å². The predicted octanol–water partition coefficient (Wildman–Crippen LogP) is 1.19. The maximum Gasteiger partial charge on any atom is 0.278 e. The van der Waals surface area contributed by atoms with Crippen molar-refractivity contribution in [2.24, 2.45) is 0 Å². The number of aromatic nitrogens is 1. The van der Waals surface area contributed by atoms with Gasteiger partial charge in [0.05, 0.1) is 11.2 Å². The van der Waals surface area contributed by atoms with E-state index in [0.29, 0.717) is 0 Å². The Labute approximate surface area is 75.4 Å². The summed E-state index contributed by atoms with van der Waals surface area (Å²) < 4.78 is 1.56. The molecule has 0 fully saturated rings. The van der Waals surface area contributed by atoms with Gasteiger partial charge in [-0.3, -0.25) is 9.20 Å². The van der Waals surface area contributed by atoms with Crippen LogP contribution in [0.5, 0.6) is 0 Å². The molecular weight excluding hydrogens is 164 g/mol. The third kappa shape index (κ3) is 1.09. The zero-order valence-electron chi connectivity index (χ0n) is 7.32. The smallest absolute Gasteiger partial charge is 0.278 e. The van der Waals surface area contributed by atoms with Gasteiger partial charge >= 0.3 is 0 Å². The molecule has 0 aliphatic carbocycles. The van der Waals surface area contributed by atoms with Gasteiger partial charge in [-0.2, -0.15) is 0 Å². The van der Waals surface area contributed by atoms with Crippen LogP contribution in [0, 0.1) is 6.92 Å². The summed E-state index contributed by atoms with van der Waals surface area (Å²) in [6.45, 7) is 1.96. The van der Waals surface area contributed by atoms with Gasteiger partial charge in [0, 0.05) is 6.20 Å². The van der Waals surface area contributed by atoms with E-state index in [2.05, 4.69) is 0 Å². The molecule has 13 heavy (non-hydrogen) atoms. The van der Waals surface area contributed by atoms with E-state index in [9.17, 15) is 4.79 Å². The summed E-state index contributed by atoms with van der Waals surface area (Å²) >= 11 is 0. The van der Waals surface area contributed by atoms with Crippen LogP contribution in [-0.4, -0.2) is 4.40 Å². The molecule has 3 nitrogen and oxygen atoms in total. The van der Waals surface area contributed by atoms with Crippen LogP contribution in [0.1, 0.15) is 5.56 Å². The lowest BCUT2D eigenvalue weighted by Crippen LogP contribution is -2.16. The topological polar surface area (TPSA) is 47.5 Å². The Kier molecular flexibility index (Phi) is 1.59. The van der Waals surface area contributed by atoms with E-state index in [1.807, 2.05) is 25.1 Å². The summed E-state index contributed by atoms with van der Waals surface area (Å²) in [4.78, 5) is 11.5. The van der Waals surface area contributed by atoms with Gasteiger partial charge in [0.25, 0.3) is 5.56 Å². The minimum atomic E-state index is -0.152. The maximum atomic E-state index is 11.5. The summed E-state index contributed by atoms with van der Waals surface area (Å²) in [7, 11) is 0. The summed E-state index contributed by atoms with van der Waals surface area (Å²) in [5.41, 5.74) is 7.61. The first-order valence-corrected chi connectivity index (χ1v) is 4.06. The number of fused-ring (bicyclic) bond motifs is 1. The molecule has 2 heterocycles. The monoisotopic (exact) mass is 174 g/mol. The molecule has 2 aromatic rings. The Morgan fingerprint density at radius 1 is 1.31 bits per heavy atom. The Morgan fingerprint density at radius 3 is 2.85 bits per heavy atom. The fourth-order valence-corrected chi connectivity index (χ4v) is 1.40. The largest absolute Gasteiger partial charge is 0.394 e. The maximum absolute atomic E-state index is 11.5. The zero-order valence-corrected chi connectivity index (χ0v) is 7.32. The standard InChI is InChI=1S/C10H10N2O/c1-7-3-2-6-12-9(7)5-4-8(11)10(12)13/h2-6H,11H2,1H3. The molecule has 0 bridgehead atoms. The Hall–Kier alpha value is -1.77. The number of hydrogen-bond acceptors (Lipinski definition) is 2.